The molecule has 0 atom stereocenters. The molecule has 1 heterocycles. The second kappa shape index (κ2) is 9.82. The van der Waals surface area contributed by atoms with Gasteiger partial charge in [0.15, 0.2) is 5.13 Å². The second-order valence-electron chi connectivity index (χ2n) is 6.72. The van der Waals surface area contributed by atoms with Crippen LogP contribution in [-0.2, 0) is 4.79 Å². The Hall–Kier alpha value is -3.77. The van der Waals surface area contributed by atoms with Gasteiger partial charge in [-0.15, -0.1) is 0 Å². The monoisotopic (exact) mass is 428 g/mol. The first-order valence-electron chi connectivity index (χ1n) is 9.84. The fourth-order valence-corrected chi connectivity index (χ4v) is 3.97. The Kier molecular flexibility index (Phi) is 6.50. The van der Waals surface area contributed by atoms with E-state index in [1.54, 1.807) is 12.1 Å². The maximum Gasteiger partial charge on any atom is 0.229 e. The van der Waals surface area contributed by atoms with E-state index in [9.17, 15) is 9.59 Å². The zero-order chi connectivity index (χ0) is 21.5. The molecule has 0 spiro atoms. The third kappa shape index (κ3) is 5.24. The van der Waals surface area contributed by atoms with Crippen LogP contribution in [0.15, 0.2) is 91.0 Å². The summed E-state index contributed by atoms with van der Waals surface area (Å²) in [4.78, 5) is 30.5. The molecule has 1 N–H and O–H groups in total. The van der Waals surface area contributed by atoms with E-state index in [-0.39, 0.29) is 24.7 Å². The number of anilines is 1. The summed E-state index contributed by atoms with van der Waals surface area (Å²) in [7, 11) is 0. The van der Waals surface area contributed by atoms with Crippen LogP contribution in [0, 0.1) is 0 Å². The van der Waals surface area contributed by atoms with Gasteiger partial charge in [-0.05, 0) is 12.1 Å². The molecule has 1 amide bonds. The predicted molar refractivity (Wildman–Crippen MR) is 123 cm³/mol. The van der Waals surface area contributed by atoms with E-state index < -0.39 is 0 Å². The molecule has 4 aromatic rings. The quantitative estimate of drug-likeness (QED) is 0.379. The van der Waals surface area contributed by atoms with Gasteiger partial charge in [0, 0.05) is 11.1 Å². The Labute approximate surface area is 184 Å². The number of nitrogens with zero attached hydrogens (tertiary/aromatic N) is 1. The van der Waals surface area contributed by atoms with Crippen molar-refractivity contribution in [2.24, 2.45) is 0 Å². The molecule has 0 saturated heterocycles. The largest absolute Gasteiger partial charge is 0.493 e. The maximum absolute atomic E-state index is 13.1. The standard InChI is InChI=1S/C25H20N2O3S/c28-21(16-17-30-20-14-8-3-9-15-20)26-25-27-22(18-10-4-1-5-11-18)24(31-25)23(29)19-12-6-2-7-13-19/h1-15H,16-17H2,(H,26,27,28). The van der Waals surface area contributed by atoms with Crippen LogP contribution in [0.25, 0.3) is 11.3 Å². The fraction of sp³-hybridized carbons (Fsp3) is 0.0800. The van der Waals surface area contributed by atoms with Crippen molar-refractivity contribution in [2.45, 2.75) is 6.42 Å². The molecule has 0 unspecified atom stereocenters. The molecule has 154 valence electrons. The van der Waals surface area contributed by atoms with Crippen LogP contribution >= 0.6 is 11.3 Å². The van der Waals surface area contributed by atoms with E-state index in [0.717, 1.165) is 5.56 Å². The number of carbonyl (C=O) groups is 2. The average molecular weight is 429 g/mol. The van der Waals surface area contributed by atoms with Crippen LogP contribution in [0.5, 0.6) is 5.75 Å². The van der Waals surface area contributed by atoms with Gasteiger partial charge < -0.3 is 10.1 Å². The van der Waals surface area contributed by atoms with Gasteiger partial charge in [-0.25, -0.2) is 4.98 Å². The molecule has 0 saturated carbocycles. The molecule has 31 heavy (non-hydrogen) atoms. The Morgan fingerprint density at radius 2 is 1.45 bits per heavy atom. The van der Waals surface area contributed by atoms with Crippen molar-refractivity contribution in [1.82, 2.24) is 4.98 Å². The number of nitrogens with one attached hydrogen (secondary N) is 1. The van der Waals surface area contributed by atoms with Crippen LogP contribution in [-0.4, -0.2) is 23.3 Å². The van der Waals surface area contributed by atoms with Crippen LogP contribution in [0.1, 0.15) is 21.7 Å². The average Bonchev–Trinajstić information content (AvgIpc) is 3.24. The SMILES string of the molecule is O=C(CCOc1ccccc1)Nc1nc(-c2ccccc2)c(C(=O)c2ccccc2)s1. The second-order valence-corrected chi connectivity index (χ2v) is 7.72. The number of benzene rings is 3. The van der Waals surface area contributed by atoms with Gasteiger partial charge in [0.1, 0.15) is 10.6 Å². The molecule has 3 aromatic carbocycles. The van der Waals surface area contributed by atoms with Gasteiger partial charge in [-0.1, -0.05) is 90.2 Å². The lowest BCUT2D eigenvalue weighted by atomic mass is 10.1. The summed E-state index contributed by atoms with van der Waals surface area (Å²) in [5.74, 6) is 0.375. The molecule has 6 heteroatoms. The lowest BCUT2D eigenvalue weighted by Gasteiger charge is -2.05. The Balaban J connectivity index is 1.51. The van der Waals surface area contributed by atoms with Crippen LogP contribution in [0.2, 0.25) is 0 Å². The first-order valence-corrected chi connectivity index (χ1v) is 10.7. The van der Waals surface area contributed by atoms with Crippen molar-refractivity contribution in [3.63, 3.8) is 0 Å². The zero-order valence-corrected chi connectivity index (χ0v) is 17.5. The number of hydrogen-bond acceptors (Lipinski definition) is 5. The van der Waals surface area contributed by atoms with Crippen molar-refractivity contribution in [2.75, 3.05) is 11.9 Å². The molecule has 0 radical (unpaired) electrons. The normalized spacial score (nSPS) is 10.5. The minimum absolute atomic E-state index is 0.120. The highest BCUT2D eigenvalue weighted by atomic mass is 32.1. The highest BCUT2D eigenvalue weighted by molar-refractivity contribution is 7.18. The molecule has 0 fully saturated rings. The Bertz CT molecular complexity index is 1160. The summed E-state index contributed by atoms with van der Waals surface area (Å²) in [5.41, 5.74) is 1.97. The molecule has 0 bridgehead atoms. The number of ether oxygens (including phenoxy) is 1. The third-order valence-corrected chi connectivity index (χ3v) is 5.47. The zero-order valence-electron chi connectivity index (χ0n) is 16.7. The van der Waals surface area contributed by atoms with Gasteiger partial charge >= 0.3 is 0 Å². The van der Waals surface area contributed by atoms with Crippen molar-refractivity contribution in [1.29, 1.82) is 0 Å². The van der Waals surface area contributed by atoms with Crippen LogP contribution < -0.4 is 10.1 Å². The number of ketones is 1. The summed E-state index contributed by atoms with van der Waals surface area (Å²) in [6.45, 7) is 0.253. The van der Waals surface area contributed by atoms with E-state index in [2.05, 4.69) is 10.3 Å². The Morgan fingerprint density at radius 3 is 2.13 bits per heavy atom. The topological polar surface area (TPSA) is 68.3 Å². The molecular weight excluding hydrogens is 408 g/mol. The minimum atomic E-state index is -0.219. The van der Waals surface area contributed by atoms with Gasteiger partial charge in [0.2, 0.25) is 11.7 Å². The highest BCUT2D eigenvalue weighted by Gasteiger charge is 2.21. The van der Waals surface area contributed by atoms with Crippen molar-refractivity contribution >= 4 is 28.2 Å². The maximum atomic E-state index is 13.1. The lowest BCUT2D eigenvalue weighted by Crippen LogP contribution is -2.15. The van der Waals surface area contributed by atoms with Crippen LogP contribution in [0.3, 0.4) is 0 Å². The van der Waals surface area contributed by atoms with Crippen molar-refractivity contribution < 1.29 is 14.3 Å². The summed E-state index contributed by atoms with van der Waals surface area (Å²) in [6, 6.07) is 27.9. The van der Waals surface area contributed by atoms with Gasteiger partial charge in [0.25, 0.3) is 0 Å². The number of amides is 1. The van der Waals surface area contributed by atoms with E-state index in [1.165, 1.54) is 11.3 Å². The molecule has 5 nitrogen and oxygen atoms in total. The van der Waals surface area contributed by atoms with Crippen LogP contribution in [0.4, 0.5) is 5.13 Å². The lowest BCUT2D eigenvalue weighted by molar-refractivity contribution is -0.116. The summed E-state index contributed by atoms with van der Waals surface area (Å²) in [6.07, 6.45) is 0.178. The van der Waals surface area contributed by atoms with Gasteiger partial charge in [-0.2, -0.15) is 0 Å². The third-order valence-electron chi connectivity index (χ3n) is 4.50. The molecule has 1 aromatic heterocycles. The summed E-state index contributed by atoms with van der Waals surface area (Å²) >= 11 is 1.18. The number of carbonyl (C=O) groups excluding carboxylic acids is 2. The van der Waals surface area contributed by atoms with E-state index in [0.29, 0.717) is 27.0 Å². The summed E-state index contributed by atoms with van der Waals surface area (Å²) in [5, 5.41) is 3.19. The van der Waals surface area contributed by atoms with Crippen molar-refractivity contribution in [3.8, 4) is 17.0 Å². The fourth-order valence-electron chi connectivity index (χ4n) is 3.00. The van der Waals surface area contributed by atoms with E-state index in [4.69, 9.17) is 4.74 Å². The first kappa shape index (κ1) is 20.5. The summed E-state index contributed by atoms with van der Waals surface area (Å²) < 4.78 is 5.58. The number of rotatable bonds is 8. The van der Waals surface area contributed by atoms with Crippen molar-refractivity contribution in [3.05, 3.63) is 101 Å². The number of aromatic nitrogens is 1. The molecular formula is C25H20N2O3S. The number of para-hydroxylation sites is 1. The predicted octanol–water partition coefficient (Wildman–Crippen LogP) is 5.45. The first-order chi connectivity index (χ1) is 15.2. The molecule has 4 rings (SSSR count). The smallest absolute Gasteiger partial charge is 0.229 e. The van der Waals surface area contributed by atoms with Gasteiger partial charge in [-0.3, -0.25) is 9.59 Å². The minimum Gasteiger partial charge on any atom is -0.493 e. The van der Waals surface area contributed by atoms with Gasteiger partial charge in [0.05, 0.1) is 18.7 Å². The molecule has 0 aliphatic heterocycles. The Morgan fingerprint density at radius 1 is 0.839 bits per heavy atom. The number of thiazole rings is 1. The molecule has 0 aliphatic rings. The van der Waals surface area contributed by atoms with E-state index >= 15 is 0 Å². The number of hydrogen-bond donors (Lipinski definition) is 1. The highest BCUT2D eigenvalue weighted by Crippen LogP contribution is 2.33. The molecule has 0 aliphatic carbocycles. The van der Waals surface area contributed by atoms with E-state index in [1.807, 2.05) is 78.9 Å².